The predicted octanol–water partition coefficient (Wildman–Crippen LogP) is 5.78. The SMILES string of the molecule is C[C@@H]1[C@H](CN2CCC[C@H]2CN2CCCC2)O[C@H](c2ccc(NC(=O)c3ccccc3)cc2)O[C@@H]1c1ccc(CO)cc1. The molecular formula is C35H43N3O4. The summed E-state index contributed by atoms with van der Waals surface area (Å²) >= 11 is 0. The molecule has 2 N–H and O–H groups in total. The molecule has 0 bridgehead atoms. The van der Waals surface area contributed by atoms with Crippen molar-refractivity contribution in [1.82, 2.24) is 9.80 Å². The number of amides is 1. The topological polar surface area (TPSA) is 74.3 Å². The lowest BCUT2D eigenvalue weighted by atomic mass is 9.90. The van der Waals surface area contributed by atoms with Gasteiger partial charge in [-0.2, -0.15) is 0 Å². The predicted molar refractivity (Wildman–Crippen MR) is 164 cm³/mol. The van der Waals surface area contributed by atoms with E-state index in [0.717, 1.165) is 42.0 Å². The molecule has 0 aliphatic carbocycles. The fourth-order valence-corrected chi connectivity index (χ4v) is 6.68. The highest BCUT2D eigenvalue weighted by Crippen LogP contribution is 2.42. The maximum absolute atomic E-state index is 12.6. The van der Waals surface area contributed by atoms with Crippen LogP contribution in [-0.4, -0.2) is 65.7 Å². The van der Waals surface area contributed by atoms with Gasteiger partial charge >= 0.3 is 0 Å². The van der Waals surface area contributed by atoms with Crippen LogP contribution in [0, 0.1) is 5.92 Å². The summed E-state index contributed by atoms with van der Waals surface area (Å²) in [6, 6.07) is 25.7. The standard InChI is InChI=1S/C35H43N3O4/c1-25-32(23-38-21-7-10-31(38)22-37-19-5-6-20-37)41-35(42-33(25)27-13-11-26(24-39)12-14-27)29-15-17-30(18-16-29)36-34(40)28-8-3-2-4-9-28/h2-4,8-9,11-18,25,31-33,35,39H,5-7,10,19-24H2,1H3,(H,36,40)/t25-,31+,32+,33+,35+/m1/s1. The van der Waals surface area contributed by atoms with Crippen molar-refractivity contribution in [3.63, 3.8) is 0 Å². The minimum Gasteiger partial charge on any atom is -0.392 e. The molecule has 5 atom stereocenters. The van der Waals surface area contributed by atoms with E-state index in [4.69, 9.17) is 9.47 Å². The zero-order valence-corrected chi connectivity index (χ0v) is 24.5. The number of hydrogen-bond acceptors (Lipinski definition) is 6. The van der Waals surface area contributed by atoms with Gasteiger partial charge in [-0.15, -0.1) is 0 Å². The molecule has 0 unspecified atom stereocenters. The Kier molecular flexibility index (Phi) is 9.32. The van der Waals surface area contributed by atoms with Gasteiger partial charge in [0.15, 0.2) is 6.29 Å². The summed E-state index contributed by atoms with van der Waals surface area (Å²) in [5.74, 6) is 0.0154. The van der Waals surface area contributed by atoms with E-state index in [-0.39, 0.29) is 30.6 Å². The lowest BCUT2D eigenvalue weighted by Crippen LogP contribution is -2.48. The number of carbonyl (C=O) groups is 1. The lowest BCUT2D eigenvalue weighted by molar-refractivity contribution is -0.276. The molecule has 3 aliphatic heterocycles. The first-order valence-electron chi connectivity index (χ1n) is 15.5. The normalized spacial score (nSPS) is 26.9. The molecule has 3 aromatic rings. The van der Waals surface area contributed by atoms with Gasteiger partial charge in [0.05, 0.1) is 18.8 Å². The van der Waals surface area contributed by atoms with Crippen molar-refractivity contribution in [3.05, 3.63) is 101 Å². The first-order valence-corrected chi connectivity index (χ1v) is 15.5. The molecule has 0 aromatic heterocycles. The molecule has 3 saturated heterocycles. The Morgan fingerprint density at radius 2 is 1.57 bits per heavy atom. The summed E-state index contributed by atoms with van der Waals surface area (Å²) in [5, 5.41) is 12.5. The Balaban J connectivity index is 1.19. The molecule has 3 heterocycles. The van der Waals surface area contributed by atoms with Crippen LogP contribution >= 0.6 is 0 Å². The van der Waals surface area contributed by atoms with Crippen molar-refractivity contribution >= 4 is 11.6 Å². The van der Waals surface area contributed by atoms with E-state index in [0.29, 0.717) is 11.6 Å². The van der Waals surface area contributed by atoms with Crippen LogP contribution in [0.5, 0.6) is 0 Å². The molecule has 1 amide bonds. The van der Waals surface area contributed by atoms with Gasteiger partial charge in [-0.1, -0.05) is 61.5 Å². The quantitative estimate of drug-likeness (QED) is 0.340. The maximum atomic E-state index is 12.6. The zero-order valence-electron chi connectivity index (χ0n) is 24.5. The summed E-state index contributed by atoms with van der Waals surface area (Å²) in [6.07, 6.45) is 4.47. The molecule has 42 heavy (non-hydrogen) atoms. The van der Waals surface area contributed by atoms with Crippen LogP contribution in [0.4, 0.5) is 5.69 Å². The van der Waals surface area contributed by atoms with Crippen LogP contribution in [0.15, 0.2) is 78.9 Å². The minimum atomic E-state index is -0.521. The Hall–Kier alpha value is -3.07. The van der Waals surface area contributed by atoms with E-state index in [2.05, 4.69) is 34.2 Å². The van der Waals surface area contributed by atoms with Gasteiger partial charge in [-0.25, -0.2) is 0 Å². The Morgan fingerprint density at radius 1 is 0.857 bits per heavy atom. The van der Waals surface area contributed by atoms with Crippen LogP contribution < -0.4 is 5.32 Å². The number of carbonyl (C=O) groups excluding carboxylic acids is 1. The summed E-state index contributed by atoms with van der Waals surface area (Å²) < 4.78 is 13.4. The van der Waals surface area contributed by atoms with Gasteiger partial charge in [0.25, 0.3) is 5.91 Å². The largest absolute Gasteiger partial charge is 0.392 e. The molecule has 6 rings (SSSR count). The fourth-order valence-electron chi connectivity index (χ4n) is 6.68. The van der Waals surface area contributed by atoms with Gasteiger partial charge in [-0.05, 0) is 80.7 Å². The number of aliphatic hydroxyl groups is 1. The minimum absolute atomic E-state index is 0.00269. The molecule has 0 spiro atoms. The highest BCUT2D eigenvalue weighted by molar-refractivity contribution is 6.04. The number of nitrogens with zero attached hydrogens (tertiary/aromatic N) is 2. The van der Waals surface area contributed by atoms with E-state index >= 15 is 0 Å². The average Bonchev–Trinajstić information content (AvgIpc) is 3.71. The van der Waals surface area contributed by atoms with E-state index in [1.807, 2.05) is 54.6 Å². The third kappa shape index (κ3) is 6.77. The molecule has 222 valence electrons. The fraction of sp³-hybridized carbons (Fsp3) is 0.457. The van der Waals surface area contributed by atoms with Crippen molar-refractivity contribution in [3.8, 4) is 0 Å². The van der Waals surface area contributed by atoms with Gasteiger partial charge in [0.1, 0.15) is 0 Å². The van der Waals surface area contributed by atoms with E-state index in [1.165, 1.54) is 38.8 Å². The Bertz CT molecular complexity index is 1290. The van der Waals surface area contributed by atoms with Crippen molar-refractivity contribution in [1.29, 1.82) is 0 Å². The second kappa shape index (κ2) is 13.5. The molecule has 3 aliphatic rings. The van der Waals surface area contributed by atoms with Crippen LogP contribution in [0.2, 0.25) is 0 Å². The van der Waals surface area contributed by atoms with Crippen LogP contribution in [0.25, 0.3) is 0 Å². The maximum Gasteiger partial charge on any atom is 0.255 e. The monoisotopic (exact) mass is 569 g/mol. The number of ether oxygens (including phenoxy) is 2. The smallest absolute Gasteiger partial charge is 0.255 e. The molecule has 3 fully saturated rings. The number of aliphatic hydroxyl groups excluding tert-OH is 1. The third-order valence-electron chi connectivity index (χ3n) is 9.18. The summed E-state index contributed by atoms with van der Waals surface area (Å²) in [6.45, 7) is 7.87. The Labute approximate surface area is 249 Å². The van der Waals surface area contributed by atoms with Crippen molar-refractivity contribution < 1.29 is 19.4 Å². The van der Waals surface area contributed by atoms with Gasteiger partial charge in [-0.3, -0.25) is 9.69 Å². The van der Waals surface area contributed by atoms with E-state index < -0.39 is 6.29 Å². The number of anilines is 1. The number of likely N-dealkylation sites (tertiary alicyclic amines) is 2. The van der Waals surface area contributed by atoms with Gasteiger partial charge in [0.2, 0.25) is 0 Å². The molecule has 7 nitrogen and oxygen atoms in total. The molecule has 7 heteroatoms. The number of rotatable bonds is 9. The van der Waals surface area contributed by atoms with Crippen LogP contribution in [-0.2, 0) is 16.1 Å². The zero-order chi connectivity index (χ0) is 28.9. The Morgan fingerprint density at radius 3 is 2.29 bits per heavy atom. The molecule has 0 saturated carbocycles. The number of hydrogen-bond donors (Lipinski definition) is 2. The van der Waals surface area contributed by atoms with E-state index in [9.17, 15) is 9.90 Å². The second-order valence-electron chi connectivity index (χ2n) is 12.1. The molecular weight excluding hydrogens is 526 g/mol. The summed E-state index contributed by atoms with van der Waals surface area (Å²) in [7, 11) is 0. The molecule has 0 radical (unpaired) electrons. The van der Waals surface area contributed by atoms with Gasteiger partial charge < -0.3 is 24.8 Å². The van der Waals surface area contributed by atoms with Gasteiger partial charge in [0, 0.05) is 41.9 Å². The van der Waals surface area contributed by atoms with Crippen molar-refractivity contribution in [2.75, 3.05) is 38.0 Å². The van der Waals surface area contributed by atoms with Crippen molar-refractivity contribution in [2.45, 2.75) is 63.8 Å². The first-order chi connectivity index (χ1) is 20.6. The first kappa shape index (κ1) is 29.0. The third-order valence-corrected chi connectivity index (χ3v) is 9.18. The summed E-state index contributed by atoms with van der Waals surface area (Å²) in [4.78, 5) is 17.9. The summed E-state index contributed by atoms with van der Waals surface area (Å²) in [5.41, 5.74) is 4.27. The highest BCUT2D eigenvalue weighted by Gasteiger charge is 2.40. The molecule has 3 aromatic carbocycles. The lowest BCUT2D eigenvalue weighted by Gasteiger charge is -2.43. The van der Waals surface area contributed by atoms with E-state index in [1.54, 1.807) is 12.1 Å². The van der Waals surface area contributed by atoms with Crippen LogP contribution in [0.1, 0.15) is 72.0 Å². The number of benzene rings is 3. The highest BCUT2D eigenvalue weighted by atomic mass is 16.7. The van der Waals surface area contributed by atoms with Crippen molar-refractivity contribution in [2.24, 2.45) is 5.92 Å². The number of nitrogens with one attached hydrogen (secondary N) is 1. The van der Waals surface area contributed by atoms with Crippen LogP contribution in [0.3, 0.4) is 0 Å². The second-order valence-corrected chi connectivity index (χ2v) is 12.1. The average molecular weight is 570 g/mol.